The lowest BCUT2D eigenvalue weighted by Gasteiger charge is -2.33. The molecule has 0 unspecified atom stereocenters. The number of carbonyl (C=O) groups is 1. The van der Waals surface area contributed by atoms with Gasteiger partial charge in [0.05, 0.1) is 26.5 Å². The van der Waals surface area contributed by atoms with Crippen LogP contribution in [0.5, 0.6) is 0 Å². The number of nitrogens with zero attached hydrogens (tertiary/aromatic N) is 2. The molecule has 2 heterocycles. The summed E-state index contributed by atoms with van der Waals surface area (Å²) in [6, 6.07) is 10.3. The van der Waals surface area contributed by atoms with Gasteiger partial charge in [-0.3, -0.25) is 9.00 Å². The minimum Gasteiger partial charge on any atom is -0.455 e. The number of benzene rings is 1. The monoisotopic (exact) mass is 437 g/mol. The molecule has 1 amide bonds. The number of hydrogen-bond acceptors (Lipinski definition) is 5. The molecular weight excluding hydrogens is 410 g/mol. The highest BCUT2D eigenvalue weighted by molar-refractivity contribution is 7.84. The van der Waals surface area contributed by atoms with E-state index in [0.29, 0.717) is 22.2 Å². The first-order valence-electron chi connectivity index (χ1n) is 10.0. The van der Waals surface area contributed by atoms with Crippen molar-refractivity contribution in [1.82, 2.24) is 15.1 Å². The third-order valence-electron chi connectivity index (χ3n) is 5.09. The normalized spacial score (nSPS) is 16.6. The van der Waals surface area contributed by atoms with Crippen molar-refractivity contribution in [1.29, 1.82) is 0 Å². The predicted molar refractivity (Wildman–Crippen MR) is 116 cm³/mol. The fraction of sp³-hybridized carbons (Fsp3) is 0.476. The summed E-state index contributed by atoms with van der Waals surface area (Å²) >= 11 is 6.09. The lowest BCUT2D eigenvalue weighted by molar-refractivity contribution is 0.0919. The molecule has 158 valence electrons. The van der Waals surface area contributed by atoms with Crippen LogP contribution in [0.3, 0.4) is 0 Å². The summed E-state index contributed by atoms with van der Waals surface area (Å²) in [5.74, 6) is 0.686. The van der Waals surface area contributed by atoms with Crippen LogP contribution >= 0.6 is 11.6 Å². The highest BCUT2D eigenvalue weighted by Gasteiger charge is 2.16. The fourth-order valence-electron chi connectivity index (χ4n) is 3.33. The number of piperazine rings is 1. The van der Waals surface area contributed by atoms with Gasteiger partial charge < -0.3 is 19.5 Å². The molecule has 2 aromatic rings. The summed E-state index contributed by atoms with van der Waals surface area (Å²) in [5.41, 5.74) is 0. The van der Waals surface area contributed by atoms with E-state index in [-0.39, 0.29) is 17.4 Å². The number of amides is 1. The summed E-state index contributed by atoms with van der Waals surface area (Å²) in [6.07, 6.45) is 0.905. The summed E-state index contributed by atoms with van der Waals surface area (Å²) in [5, 5.41) is 3.36. The molecule has 3 rings (SSSR count). The van der Waals surface area contributed by atoms with Crippen molar-refractivity contribution in [2.45, 2.75) is 24.0 Å². The van der Waals surface area contributed by atoms with Crippen LogP contribution in [0, 0.1) is 0 Å². The molecule has 0 spiro atoms. The van der Waals surface area contributed by atoms with Gasteiger partial charge in [0, 0.05) is 32.7 Å². The largest absolute Gasteiger partial charge is 0.455 e. The Balaban J connectivity index is 1.40. The van der Waals surface area contributed by atoms with Gasteiger partial charge in [-0.2, -0.15) is 0 Å². The topological polar surface area (TPSA) is 65.8 Å². The predicted octanol–water partition coefficient (Wildman–Crippen LogP) is 3.00. The Morgan fingerprint density at radius 1 is 1.14 bits per heavy atom. The number of halogens is 1. The standard InChI is InChI=1S/C21H28ClN3O3S/c1-2-24-12-14-25(15-13-24)11-5-10-23-21(26)19-9-8-17(28-19)16-29(27)20-7-4-3-6-18(20)22/h3-4,6-9H,2,5,10-16H2,1H3,(H,23,26)/t29-/m0/s1. The van der Waals surface area contributed by atoms with E-state index in [0.717, 1.165) is 45.7 Å². The average Bonchev–Trinajstić information content (AvgIpc) is 3.20. The van der Waals surface area contributed by atoms with Gasteiger partial charge in [0.2, 0.25) is 0 Å². The van der Waals surface area contributed by atoms with Crippen LogP contribution in [-0.2, 0) is 16.6 Å². The van der Waals surface area contributed by atoms with Crippen molar-refractivity contribution in [3.8, 4) is 0 Å². The number of likely N-dealkylation sites (N-methyl/N-ethyl adjacent to an activating group) is 1. The molecule has 0 radical (unpaired) electrons. The zero-order valence-electron chi connectivity index (χ0n) is 16.7. The van der Waals surface area contributed by atoms with E-state index in [4.69, 9.17) is 16.0 Å². The van der Waals surface area contributed by atoms with Gasteiger partial charge >= 0.3 is 0 Å². The van der Waals surface area contributed by atoms with Crippen molar-refractivity contribution in [3.63, 3.8) is 0 Å². The Morgan fingerprint density at radius 3 is 2.59 bits per heavy atom. The maximum Gasteiger partial charge on any atom is 0.286 e. The molecular formula is C21H28ClN3O3S. The van der Waals surface area contributed by atoms with Gasteiger partial charge in [-0.1, -0.05) is 30.7 Å². The molecule has 0 saturated carbocycles. The summed E-state index contributed by atoms with van der Waals surface area (Å²) in [7, 11) is -1.33. The van der Waals surface area contributed by atoms with Gasteiger partial charge in [0.1, 0.15) is 5.76 Å². The van der Waals surface area contributed by atoms with Crippen LogP contribution < -0.4 is 5.32 Å². The van der Waals surface area contributed by atoms with E-state index in [1.807, 2.05) is 0 Å². The van der Waals surface area contributed by atoms with E-state index in [1.165, 1.54) is 0 Å². The summed E-state index contributed by atoms with van der Waals surface area (Å²) in [6.45, 7) is 9.31. The maximum atomic E-state index is 12.5. The van der Waals surface area contributed by atoms with Crippen molar-refractivity contribution in [3.05, 3.63) is 52.9 Å². The van der Waals surface area contributed by atoms with Gasteiger partial charge in [-0.15, -0.1) is 0 Å². The van der Waals surface area contributed by atoms with Crippen LogP contribution in [0.15, 0.2) is 45.7 Å². The van der Waals surface area contributed by atoms with Crippen LogP contribution in [0.1, 0.15) is 29.7 Å². The van der Waals surface area contributed by atoms with Gasteiger partial charge in [-0.05, 0) is 43.8 Å². The Labute approximate surface area is 179 Å². The van der Waals surface area contributed by atoms with Gasteiger partial charge in [0.15, 0.2) is 5.76 Å². The Hall–Kier alpha value is -1.67. The molecule has 1 aromatic carbocycles. The molecule has 1 aliphatic rings. The zero-order valence-corrected chi connectivity index (χ0v) is 18.3. The molecule has 1 atom stereocenters. The van der Waals surface area contributed by atoms with E-state index in [2.05, 4.69) is 22.0 Å². The Kier molecular flexibility index (Phi) is 8.29. The molecule has 1 saturated heterocycles. The van der Waals surface area contributed by atoms with E-state index >= 15 is 0 Å². The SMILES string of the molecule is CCN1CCN(CCCNC(=O)c2ccc(C[S@](=O)c3ccccc3Cl)o2)CC1. The molecule has 0 bridgehead atoms. The lowest BCUT2D eigenvalue weighted by atomic mass is 10.3. The maximum absolute atomic E-state index is 12.5. The van der Waals surface area contributed by atoms with Crippen LogP contribution in [0.4, 0.5) is 0 Å². The summed E-state index contributed by atoms with van der Waals surface area (Å²) in [4.78, 5) is 17.7. The molecule has 29 heavy (non-hydrogen) atoms. The first kappa shape index (κ1) is 22.0. The van der Waals surface area contributed by atoms with Crippen molar-refractivity contribution >= 4 is 28.3 Å². The molecule has 0 aliphatic carbocycles. The third kappa shape index (κ3) is 6.40. The molecule has 1 aliphatic heterocycles. The number of rotatable bonds is 9. The van der Waals surface area contributed by atoms with Gasteiger partial charge in [-0.25, -0.2) is 0 Å². The van der Waals surface area contributed by atoms with Crippen molar-refractivity contribution in [2.24, 2.45) is 0 Å². The highest BCUT2D eigenvalue weighted by Crippen LogP contribution is 2.22. The second-order valence-electron chi connectivity index (χ2n) is 7.07. The highest BCUT2D eigenvalue weighted by atomic mass is 35.5. The average molecular weight is 438 g/mol. The lowest BCUT2D eigenvalue weighted by Crippen LogP contribution is -2.46. The van der Waals surface area contributed by atoms with Crippen molar-refractivity contribution < 1.29 is 13.4 Å². The van der Waals surface area contributed by atoms with Crippen LogP contribution in [0.25, 0.3) is 0 Å². The quantitative estimate of drug-likeness (QED) is 0.611. The van der Waals surface area contributed by atoms with Crippen molar-refractivity contribution in [2.75, 3.05) is 45.8 Å². The number of nitrogens with one attached hydrogen (secondary N) is 1. The molecule has 8 heteroatoms. The molecule has 1 fully saturated rings. The van der Waals surface area contributed by atoms with Gasteiger partial charge in [0.25, 0.3) is 5.91 Å². The third-order valence-corrected chi connectivity index (χ3v) is 6.92. The van der Waals surface area contributed by atoms with E-state index < -0.39 is 10.8 Å². The molecule has 1 N–H and O–H groups in total. The Bertz CT molecular complexity index is 834. The smallest absolute Gasteiger partial charge is 0.286 e. The van der Waals surface area contributed by atoms with E-state index in [1.54, 1.807) is 36.4 Å². The number of hydrogen-bond donors (Lipinski definition) is 1. The van der Waals surface area contributed by atoms with Crippen LogP contribution in [-0.4, -0.2) is 65.7 Å². The second kappa shape index (κ2) is 10.9. The molecule has 6 nitrogen and oxygen atoms in total. The number of furan rings is 1. The summed E-state index contributed by atoms with van der Waals surface area (Å²) < 4.78 is 18.1. The van der Waals surface area contributed by atoms with Crippen LogP contribution in [0.2, 0.25) is 5.02 Å². The second-order valence-corrected chi connectivity index (χ2v) is 8.90. The number of carbonyl (C=O) groups excluding carboxylic acids is 1. The minimum absolute atomic E-state index is 0.181. The fourth-order valence-corrected chi connectivity index (χ4v) is 4.81. The first-order chi connectivity index (χ1) is 14.1. The van der Waals surface area contributed by atoms with E-state index in [9.17, 15) is 9.00 Å². The Morgan fingerprint density at radius 2 is 1.86 bits per heavy atom. The first-order valence-corrected chi connectivity index (χ1v) is 11.7. The zero-order chi connectivity index (χ0) is 20.6. The molecule has 1 aromatic heterocycles. The minimum atomic E-state index is -1.33.